The maximum atomic E-state index is 11.5. The molecule has 0 aromatic carbocycles. The van der Waals surface area contributed by atoms with E-state index < -0.39 is 11.7 Å². The van der Waals surface area contributed by atoms with Crippen LogP contribution in [0.4, 0.5) is 4.79 Å². The molecule has 0 radical (unpaired) electrons. The minimum absolute atomic E-state index is 0.131. The summed E-state index contributed by atoms with van der Waals surface area (Å²) in [6.45, 7) is 6.61. The first kappa shape index (κ1) is 14.8. The number of carbonyl (C=O) groups excluding carboxylic acids is 1. The Balaban J connectivity index is 1.82. The Morgan fingerprint density at radius 2 is 2.30 bits per heavy atom. The number of ether oxygens (including phenoxy) is 1. The van der Waals surface area contributed by atoms with Crippen molar-refractivity contribution >= 4 is 6.09 Å². The van der Waals surface area contributed by atoms with E-state index in [1.807, 2.05) is 20.8 Å². The Morgan fingerprint density at radius 3 is 2.95 bits per heavy atom. The minimum Gasteiger partial charge on any atom is -0.444 e. The molecular weight excluding hydrogens is 260 g/mol. The molecule has 2 rings (SSSR count). The van der Waals surface area contributed by atoms with Gasteiger partial charge in [0, 0.05) is 0 Å². The molecule has 1 fully saturated rings. The summed E-state index contributed by atoms with van der Waals surface area (Å²) in [7, 11) is 0. The van der Waals surface area contributed by atoms with Crippen molar-refractivity contribution < 1.29 is 14.1 Å². The average molecular weight is 282 g/mol. The second kappa shape index (κ2) is 6.21. The number of nitrogens with zero attached hydrogens (tertiary/aromatic N) is 2. The second-order valence-corrected chi connectivity index (χ2v) is 5.91. The summed E-state index contributed by atoms with van der Waals surface area (Å²) in [4.78, 5) is 15.8. The van der Waals surface area contributed by atoms with E-state index in [9.17, 15) is 4.79 Å². The number of alkyl carbamates (subject to hydrolysis) is 1. The van der Waals surface area contributed by atoms with Gasteiger partial charge in [0.05, 0.1) is 12.6 Å². The first-order valence-electron chi connectivity index (χ1n) is 6.97. The first-order chi connectivity index (χ1) is 9.44. The van der Waals surface area contributed by atoms with Gasteiger partial charge >= 0.3 is 6.09 Å². The third kappa shape index (κ3) is 4.48. The lowest BCUT2D eigenvalue weighted by Gasteiger charge is -2.19. The van der Waals surface area contributed by atoms with Crippen molar-refractivity contribution in [2.45, 2.75) is 58.2 Å². The van der Waals surface area contributed by atoms with Crippen molar-refractivity contribution in [3.8, 4) is 0 Å². The molecule has 1 aromatic rings. The lowest BCUT2D eigenvalue weighted by Crippen LogP contribution is -2.32. The molecule has 2 heterocycles. The molecule has 7 nitrogen and oxygen atoms in total. The number of aromatic nitrogens is 2. The Hall–Kier alpha value is -1.63. The molecule has 1 aliphatic rings. The normalized spacial score (nSPS) is 19.6. The third-order valence-electron chi connectivity index (χ3n) is 2.88. The number of piperidine rings is 1. The fourth-order valence-corrected chi connectivity index (χ4v) is 2.01. The van der Waals surface area contributed by atoms with E-state index in [2.05, 4.69) is 20.8 Å². The Labute approximate surface area is 118 Å². The van der Waals surface area contributed by atoms with E-state index in [1.54, 1.807) is 0 Å². The maximum Gasteiger partial charge on any atom is 0.408 e. The van der Waals surface area contributed by atoms with Gasteiger partial charge in [0.15, 0.2) is 5.82 Å². The average Bonchev–Trinajstić information content (AvgIpc) is 2.84. The number of carbonyl (C=O) groups is 1. The summed E-state index contributed by atoms with van der Waals surface area (Å²) in [5, 5.41) is 9.80. The van der Waals surface area contributed by atoms with Crippen LogP contribution in [0.3, 0.4) is 0 Å². The van der Waals surface area contributed by atoms with Crippen LogP contribution in [0.1, 0.15) is 57.8 Å². The molecule has 0 unspecified atom stereocenters. The molecule has 1 aromatic heterocycles. The molecule has 0 spiro atoms. The van der Waals surface area contributed by atoms with E-state index in [4.69, 9.17) is 9.26 Å². The van der Waals surface area contributed by atoms with Crippen LogP contribution >= 0.6 is 0 Å². The third-order valence-corrected chi connectivity index (χ3v) is 2.88. The maximum absolute atomic E-state index is 11.5. The van der Waals surface area contributed by atoms with Gasteiger partial charge in [-0.05, 0) is 40.2 Å². The Bertz CT molecular complexity index is 447. The van der Waals surface area contributed by atoms with Gasteiger partial charge in [-0.2, -0.15) is 4.98 Å². The molecule has 1 amide bonds. The largest absolute Gasteiger partial charge is 0.444 e. The van der Waals surface area contributed by atoms with Crippen LogP contribution in [-0.4, -0.2) is 28.4 Å². The highest BCUT2D eigenvalue weighted by Gasteiger charge is 2.21. The summed E-state index contributed by atoms with van der Waals surface area (Å²) < 4.78 is 10.4. The molecule has 2 N–H and O–H groups in total. The lowest BCUT2D eigenvalue weighted by molar-refractivity contribution is 0.0522. The molecule has 0 saturated carbocycles. The second-order valence-electron chi connectivity index (χ2n) is 5.91. The van der Waals surface area contributed by atoms with Gasteiger partial charge in [0.2, 0.25) is 5.89 Å². The molecule has 7 heteroatoms. The number of rotatable bonds is 3. The number of nitrogens with one attached hydrogen (secondary N) is 2. The van der Waals surface area contributed by atoms with Gasteiger partial charge in [-0.1, -0.05) is 11.6 Å². The highest BCUT2D eigenvalue weighted by atomic mass is 16.6. The van der Waals surface area contributed by atoms with E-state index >= 15 is 0 Å². The zero-order chi connectivity index (χ0) is 14.6. The van der Waals surface area contributed by atoms with Crippen LogP contribution < -0.4 is 10.6 Å². The van der Waals surface area contributed by atoms with Gasteiger partial charge in [0.1, 0.15) is 5.60 Å². The topological polar surface area (TPSA) is 89.3 Å². The fraction of sp³-hybridized carbons (Fsp3) is 0.769. The number of hydrogen-bond donors (Lipinski definition) is 2. The molecule has 112 valence electrons. The zero-order valence-electron chi connectivity index (χ0n) is 12.2. The summed E-state index contributed by atoms with van der Waals surface area (Å²) in [5.74, 6) is 1.05. The van der Waals surface area contributed by atoms with E-state index in [1.165, 1.54) is 6.42 Å². The Morgan fingerprint density at radius 1 is 1.50 bits per heavy atom. The summed E-state index contributed by atoms with van der Waals surface area (Å²) in [6, 6.07) is 0.131. The molecule has 0 aliphatic carbocycles. The summed E-state index contributed by atoms with van der Waals surface area (Å²) >= 11 is 0. The van der Waals surface area contributed by atoms with Gasteiger partial charge in [0.25, 0.3) is 0 Å². The van der Waals surface area contributed by atoms with Gasteiger partial charge in [-0.3, -0.25) is 0 Å². The number of hydrogen-bond acceptors (Lipinski definition) is 6. The first-order valence-corrected chi connectivity index (χ1v) is 6.97. The molecular formula is C13H22N4O3. The van der Waals surface area contributed by atoms with E-state index in [0.717, 1.165) is 19.4 Å². The quantitative estimate of drug-likeness (QED) is 0.880. The van der Waals surface area contributed by atoms with Crippen LogP contribution in [0.15, 0.2) is 4.52 Å². The summed E-state index contributed by atoms with van der Waals surface area (Å²) in [5.41, 5.74) is -0.515. The van der Waals surface area contributed by atoms with E-state index in [-0.39, 0.29) is 12.6 Å². The monoisotopic (exact) mass is 282 g/mol. The van der Waals surface area contributed by atoms with Gasteiger partial charge in [-0.25, -0.2) is 4.79 Å². The van der Waals surface area contributed by atoms with Crippen LogP contribution in [0.25, 0.3) is 0 Å². The van der Waals surface area contributed by atoms with Crippen molar-refractivity contribution in [1.29, 1.82) is 0 Å². The molecule has 20 heavy (non-hydrogen) atoms. The van der Waals surface area contributed by atoms with Gasteiger partial charge < -0.3 is 19.9 Å². The van der Waals surface area contributed by atoms with E-state index in [0.29, 0.717) is 11.7 Å². The molecule has 1 atom stereocenters. The smallest absolute Gasteiger partial charge is 0.408 e. The minimum atomic E-state index is -0.515. The molecule has 1 aliphatic heterocycles. The SMILES string of the molecule is CC(C)(C)OC(=O)NCc1noc([C@@H]2CCCCN2)n1. The zero-order valence-corrected chi connectivity index (χ0v) is 12.2. The van der Waals surface area contributed by atoms with Crippen LogP contribution in [-0.2, 0) is 11.3 Å². The fourth-order valence-electron chi connectivity index (χ4n) is 2.01. The number of amides is 1. The molecule has 0 bridgehead atoms. The van der Waals surface area contributed by atoms with Crippen LogP contribution in [0.5, 0.6) is 0 Å². The standard InChI is InChI=1S/C13H22N4O3/c1-13(2,3)19-12(18)15-8-10-16-11(20-17-10)9-6-4-5-7-14-9/h9,14H,4-8H2,1-3H3,(H,15,18)/t9-/m0/s1. The lowest BCUT2D eigenvalue weighted by atomic mass is 10.1. The van der Waals surface area contributed by atoms with Crippen molar-refractivity contribution in [2.75, 3.05) is 6.54 Å². The predicted octanol–water partition coefficient (Wildman–Crippen LogP) is 1.91. The van der Waals surface area contributed by atoms with Crippen molar-refractivity contribution in [3.63, 3.8) is 0 Å². The Kier molecular flexibility index (Phi) is 4.59. The van der Waals surface area contributed by atoms with Gasteiger partial charge in [-0.15, -0.1) is 0 Å². The van der Waals surface area contributed by atoms with Crippen molar-refractivity contribution in [1.82, 2.24) is 20.8 Å². The van der Waals surface area contributed by atoms with Crippen LogP contribution in [0, 0.1) is 0 Å². The predicted molar refractivity (Wildman–Crippen MR) is 72.0 cm³/mol. The van der Waals surface area contributed by atoms with Crippen molar-refractivity contribution in [2.24, 2.45) is 0 Å². The highest BCUT2D eigenvalue weighted by molar-refractivity contribution is 5.67. The van der Waals surface area contributed by atoms with Crippen molar-refractivity contribution in [3.05, 3.63) is 11.7 Å². The van der Waals surface area contributed by atoms with Crippen LogP contribution in [0.2, 0.25) is 0 Å². The highest BCUT2D eigenvalue weighted by Crippen LogP contribution is 2.21. The molecule has 1 saturated heterocycles. The summed E-state index contributed by atoms with van der Waals surface area (Å²) in [6.07, 6.45) is 2.85.